The van der Waals surface area contributed by atoms with Crippen LogP contribution in [0.4, 0.5) is 0 Å². The van der Waals surface area contributed by atoms with E-state index in [0.717, 1.165) is 36.6 Å². The normalized spacial score (nSPS) is 18.4. The van der Waals surface area contributed by atoms with Crippen LogP contribution in [0, 0.1) is 0 Å². The second-order valence-corrected chi connectivity index (χ2v) is 6.46. The van der Waals surface area contributed by atoms with Crippen molar-refractivity contribution in [3.63, 3.8) is 0 Å². The summed E-state index contributed by atoms with van der Waals surface area (Å²) in [6.07, 6.45) is 5.98. The van der Waals surface area contributed by atoms with E-state index in [1.807, 2.05) is 30.5 Å². The van der Waals surface area contributed by atoms with E-state index in [4.69, 9.17) is 9.15 Å². The van der Waals surface area contributed by atoms with E-state index in [0.29, 0.717) is 11.8 Å². The maximum absolute atomic E-state index is 5.67. The summed E-state index contributed by atoms with van der Waals surface area (Å²) >= 11 is 0. The van der Waals surface area contributed by atoms with Gasteiger partial charge >= 0.3 is 0 Å². The van der Waals surface area contributed by atoms with Gasteiger partial charge in [0.1, 0.15) is 12.0 Å². The van der Waals surface area contributed by atoms with Crippen molar-refractivity contribution >= 4 is 0 Å². The smallest absolute Gasteiger partial charge is 0.226 e. The minimum absolute atomic E-state index is 0.518. The standard InChI is InChI=1S/C19H22N4O2/c1-24-17-6-4-14(5-7-17)19-21-16(13-25-19)12-23-10-2-3-15(11-23)18-8-9-20-22-18/h4-9,13,15H,2-3,10-12H2,1H3,(H,20,22). The second-order valence-electron chi connectivity index (χ2n) is 6.46. The molecule has 1 N–H and O–H groups in total. The molecule has 1 unspecified atom stereocenters. The average Bonchev–Trinajstić information content (AvgIpc) is 3.34. The maximum Gasteiger partial charge on any atom is 0.226 e. The lowest BCUT2D eigenvalue weighted by Crippen LogP contribution is -2.34. The SMILES string of the molecule is COc1ccc(-c2nc(CN3CCCC(c4ccn[nH]4)C3)co2)cc1. The van der Waals surface area contributed by atoms with Crippen LogP contribution in [0.1, 0.15) is 30.1 Å². The molecule has 0 amide bonds. The number of rotatable bonds is 5. The van der Waals surface area contributed by atoms with E-state index in [1.165, 1.54) is 18.5 Å². The maximum atomic E-state index is 5.67. The van der Waals surface area contributed by atoms with Crippen molar-refractivity contribution in [1.82, 2.24) is 20.1 Å². The summed E-state index contributed by atoms with van der Waals surface area (Å²) in [4.78, 5) is 7.08. The van der Waals surface area contributed by atoms with Crippen LogP contribution in [-0.2, 0) is 6.54 Å². The van der Waals surface area contributed by atoms with Crippen molar-refractivity contribution in [3.8, 4) is 17.2 Å². The number of ether oxygens (including phenoxy) is 1. The number of likely N-dealkylation sites (tertiary alicyclic amines) is 1. The topological polar surface area (TPSA) is 67.2 Å². The third-order valence-electron chi connectivity index (χ3n) is 4.74. The van der Waals surface area contributed by atoms with E-state index in [-0.39, 0.29) is 0 Å². The summed E-state index contributed by atoms with van der Waals surface area (Å²) < 4.78 is 10.9. The number of nitrogens with zero attached hydrogens (tertiary/aromatic N) is 3. The van der Waals surface area contributed by atoms with E-state index in [1.54, 1.807) is 13.4 Å². The first-order valence-electron chi connectivity index (χ1n) is 8.62. The van der Waals surface area contributed by atoms with Crippen molar-refractivity contribution in [1.29, 1.82) is 0 Å². The van der Waals surface area contributed by atoms with Crippen LogP contribution in [-0.4, -0.2) is 40.3 Å². The van der Waals surface area contributed by atoms with Crippen molar-refractivity contribution in [2.45, 2.75) is 25.3 Å². The summed E-state index contributed by atoms with van der Waals surface area (Å²) in [6, 6.07) is 9.83. The molecule has 0 saturated carbocycles. The van der Waals surface area contributed by atoms with Gasteiger partial charge in [0.2, 0.25) is 5.89 Å². The van der Waals surface area contributed by atoms with Gasteiger partial charge in [-0.1, -0.05) is 0 Å². The van der Waals surface area contributed by atoms with E-state index >= 15 is 0 Å². The van der Waals surface area contributed by atoms with Gasteiger partial charge in [0.25, 0.3) is 0 Å². The van der Waals surface area contributed by atoms with Gasteiger partial charge in [-0.05, 0) is 49.7 Å². The van der Waals surface area contributed by atoms with Crippen LogP contribution < -0.4 is 4.74 Å². The Morgan fingerprint density at radius 3 is 2.92 bits per heavy atom. The Bertz CT molecular complexity index is 795. The highest BCUT2D eigenvalue weighted by atomic mass is 16.5. The molecule has 2 aromatic heterocycles. The fourth-order valence-electron chi connectivity index (χ4n) is 3.42. The molecule has 6 nitrogen and oxygen atoms in total. The molecule has 1 aliphatic rings. The zero-order valence-electron chi connectivity index (χ0n) is 14.3. The van der Waals surface area contributed by atoms with Gasteiger partial charge in [-0.3, -0.25) is 10.00 Å². The van der Waals surface area contributed by atoms with Crippen LogP contribution in [0.2, 0.25) is 0 Å². The molecule has 130 valence electrons. The third kappa shape index (κ3) is 3.58. The van der Waals surface area contributed by atoms with Gasteiger partial charge in [0.15, 0.2) is 0 Å². The molecular weight excluding hydrogens is 316 g/mol. The molecule has 3 aromatic rings. The minimum atomic E-state index is 0.518. The Labute approximate surface area is 146 Å². The Morgan fingerprint density at radius 1 is 1.28 bits per heavy atom. The van der Waals surface area contributed by atoms with Crippen LogP contribution in [0.5, 0.6) is 5.75 Å². The van der Waals surface area contributed by atoms with Crippen molar-refractivity contribution in [2.24, 2.45) is 0 Å². The Morgan fingerprint density at radius 2 is 2.16 bits per heavy atom. The number of nitrogens with one attached hydrogen (secondary N) is 1. The zero-order chi connectivity index (χ0) is 17.1. The van der Waals surface area contributed by atoms with Crippen molar-refractivity contribution in [2.75, 3.05) is 20.2 Å². The van der Waals surface area contributed by atoms with Gasteiger partial charge in [0.05, 0.1) is 12.8 Å². The fourth-order valence-corrected chi connectivity index (χ4v) is 3.42. The molecule has 6 heteroatoms. The minimum Gasteiger partial charge on any atom is -0.497 e. The molecule has 0 radical (unpaired) electrons. The second kappa shape index (κ2) is 7.11. The van der Waals surface area contributed by atoms with E-state index in [2.05, 4.69) is 26.1 Å². The molecule has 3 heterocycles. The Kier molecular flexibility index (Phi) is 4.52. The molecule has 1 aliphatic heterocycles. The van der Waals surface area contributed by atoms with E-state index < -0.39 is 0 Å². The highest BCUT2D eigenvalue weighted by Gasteiger charge is 2.23. The molecule has 1 aromatic carbocycles. The number of methoxy groups -OCH3 is 1. The summed E-state index contributed by atoms with van der Waals surface area (Å²) in [6.45, 7) is 2.92. The molecule has 25 heavy (non-hydrogen) atoms. The van der Waals surface area contributed by atoms with Crippen LogP contribution in [0.15, 0.2) is 47.2 Å². The number of piperidine rings is 1. The van der Waals surface area contributed by atoms with Crippen LogP contribution in [0.3, 0.4) is 0 Å². The summed E-state index contributed by atoms with van der Waals surface area (Å²) in [5.41, 5.74) is 3.15. The number of H-pyrrole nitrogens is 1. The third-order valence-corrected chi connectivity index (χ3v) is 4.74. The summed E-state index contributed by atoms with van der Waals surface area (Å²) in [5.74, 6) is 2.00. The van der Waals surface area contributed by atoms with Crippen LogP contribution >= 0.6 is 0 Å². The van der Waals surface area contributed by atoms with Crippen LogP contribution in [0.25, 0.3) is 11.5 Å². The summed E-state index contributed by atoms with van der Waals surface area (Å²) in [7, 11) is 1.66. The monoisotopic (exact) mass is 338 g/mol. The van der Waals surface area contributed by atoms with Gasteiger partial charge in [-0.15, -0.1) is 0 Å². The number of hydrogen-bond donors (Lipinski definition) is 1. The lowest BCUT2D eigenvalue weighted by Gasteiger charge is -2.31. The first kappa shape index (κ1) is 15.9. The predicted octanol–water partition coefficient (Wildman–Crippen LogP) is 3.45. The van der Waals surface area contributed by atoms with Gasteiger partial charge in [-0.25, -0.2) is 4.98 Å². The number of aromatic nitrogens is 3. The molecule has 0 bridgehead atoms. The van der Waals surface area contributed by atoms with Gasteiger partial charge in [-0.2, -0.15) is 5.10 Å². The number of hydrogen-bond acceptors (Lipinski definition) is 5. The lowest BCUT2D eigenvalue weighted by molar-refractivity contribution is 0.196. The molecular formula is C19H22N4O2. The number of oxazole rings is 1. The molecule has 1 atom stereocenters. The lowest BCUT2D eigenvalue weighted by atomic mass is 9.95. The summed E-state index contributed by atoms with van der Waals surface area (Å²) in [5, 5.41) is 7.18. The number of benzene rings is 1. The first-order valence-corrected chi connectivity index (χ1v) is 8.62. The van der Waals surface area contributed by atoms with Crippen molar-refractivity contribution in [3.05, 3.63) is 54.2 Å². The predicted molar refractivity (Wildman–Crippen MR) is 94.3 cm³/mol. The molecule has 0 aliphatic carbocycles. The van der Waals surface area contributed by atoms with Gasteiger partial charge < -0.3 is 9.15 Å². The Hall–Kier alpha value is -2.60. The Balaban J connectivity index is 1.42. The molecule has 1 saturated heterocycles. The quantitative estimate of drug-likeness (QED) is 0.772. The molecule has 4 rings (SSSR count). The molecule has 1 fully saturated rings. The first-order chi connectivity index (χ1) is 12.3. The molecule has 0 spiro atoms. The largest absolute Gasteiger partial charge is 0.497 e. The van der Waals surface area contributed by atoms with E-state index in [9.17, 15) is 0 Å². The van der Waals surface area contributed by atoms with Crippen molar-refractivity contribution < 1.29 is 9.15 Å². The zero-order valence-corrected chi connectivity index (χ0v) is 14.3. The highest BCUT2D eigenvalue weighted by molar-refractivity contribution is 5.54. The number of aromatic amines is 1. The van der Waals surface area contributed by atoms with Gasteiger partial charge in [0, 0.05) is 36.5 Å². The average molecular weight is 338 g/mol. The fraction of sp³-hybridized carbons (Fsp3) is 0.368. The highest BCUT2D eigenvalue weighted by Crippen LogP contribution is 2.27.